The van der Waals surface area contributed by atoms with Gasteiger partial charge in [-0.3, -0.25) is 0 Å². The lowest BCUT2D eigenvalue weighted by atomic mass is 10.0. The minimum Gasteiger partial charge on any atom is -0.405 e. The maximum Gasteiger partial charge on any atom is 0.573 e. The molecular formula is C12H8ClF3O. The quantitative estimate of drug-likeness (QED) is 0.724. The van der Waals surface area contributed by atoms with Crippen LogP contribution in [-0.2, 0) is 5.88 Å². The third kappa shape index (κ3) is 2.64. The van der Waals surface area contributed by atoms with Crippen molar-refractivity contribution in [3.05, 3.63) is 42.0 Å². The van der Waals surface area contributed by atoms with Gasteiger partial charge in [0.15, 0.2) is 0 Å². The molecule has 0 aromatic heterocycles. The standard InChI is InChI=1S/C12H8ClF3O/c13-7-8-5-6-11(17-12(14,15)16)10-4-2-1-3-9(8)10/h1-6H,7H2. The molecule has 0 amide bonds. The van der Waals surface area contributed by atoms with Crippen molar-refractivity contribution in [2.75, 3.05) is 0 Å². The highest BCUT2D eigenvalue weighted by molar-refractivity contribution is 6.18. The molecule has 0 unspecified atom stereocenters. The number of fused-ring (bicyclic) bond motifs is 1. The fraction of sp³-hybridized carbons (Fsp3) is 0.167. The van der Waals surface area contributed by atoms with Gasteiger partial charge in [0, 0.05) is 11.3 Å². The zero-order valence-electron chi connectivity index (χ0n) is 8.59. The van der Waals surface area contributed by atoms with Gasteiger partial charge < -0.3 is 4.74 Å². The van der Waals surface area contributed by atoms with Crippen LogP contribution in [0.4, 0.5) is 13.2 Å². The number of ether oxygens (including phenoxy) is 1. The average Bonchev–Trinajstić information content (AvgIpc) is 2.28. The fourth-order valence-corrected chi connectivity index (χ4v) is 1.90. The van der Waals surface area contributed by atoms with Crippen LogP contribution >= 0.6 is 11.6 Å². The molecule has 90 valence electrons. The molecule has 2 rings (SSSR count). The Hall–Kier alpha value is -1.42. The van der Waals surface area contributed by atoms with Gasteiger partial charge in [0.2, 0.25) is 0 Å². The van der Waals surface area contributed by atoms with E-state index in [-0.39, 0.29) is 11.6 Å². The molecular weight excluding hydrogens is 253 g/mol. The van der Waals surface area contributed by atoms with Gasteiger partial charge >= 0.3 is 6.36 Å². The minimum absolute atomic E-state index is 0.207. The molecule has 17 heavy (non-hydrogen) atoms. The molecule has 0 aliphatic heterocycles. The summed E-state index contributed by atoms with van der Waals surface area (Å²) in [4.78, 5) is 0. The molecule has 1 nitrogen and oxygen atoms in total. The van der Waals surface area contributed by atoms with Crippen LogP contribution < -0.4 is 4.74 Å². The minimum atomic E-state index is -4.69. The summed E-state index contributed by atoms with van der Waals surface area (Å²) < 4.78 is 40.6. The normalized spacial score (nSPS) is 11.8. The van der Waals surface area contributed by atoms with Gasteiger partial charge in [-0.15, -0.1) is 24.8 Å². The van der Waals surface area contributed by atoms with Crippen molar-refractivity contribution in [1.82, 2.24) is 0 Å². The molecule has 2 aromatic rings. The fourth-order valence-electron chi connectivity index (χ4n) is 1.66. The number of hydrogen-bond donors (Lipinski definition) is 0. The third-order valence-electron chi connectivity index (χ3n) is 2.34. The SMILES string of the molecule is FC(F)(F)Oc1ccc(CCl)c2ccccc12. The number of hydrogen-bond acceptors (Lipinski definition) is 1. The van der Waals surface area contributed by atoms with Crippen LogP contribution in [0.1, 0.15) is 5.56 Å². The van der Waals surface area contributed by atoms with E-state index in [1.54, 1.807) is 24.3 Å². The molecule has 0 heterocycles. The van der Waals surface area contributed by atoms with Crippen molar-refractivity contribution in [1.29, 1.82) is 0 Å². The maximum absolute atomic E-state index is 12.2. The van der Waals surface area contributed by atoms with Crippen LogP contribution in [0.15, 0.2) is 36.4 Å². The monoisotopic (exact) mass is 260 g/mol. The highest BCUT2D eigenvalue weighted by Crippen LogP contribution is 2.32. The third-order valence-corrected chi connectivity index (χ3v) is 2.63. The Morgan fingerprint density at radius 2 is 1.65 bits per heavy atom. The van der Waals surface area contributed by atoms with E-state index in [9.17, 15) is 13.2 Å². The highest BCUT2D eigenvalue weighted by atomic mass is 35.5. The van der Waals surface area contributed by atoms with Gasteiger partial charge in [0.05, 0.1) is 0 Å². The second-order valence-electron chi connectivity index (χ2n) is 3.45. The number of benzene rings is 2. The van der Waals surface area contributed by atoms with Gasteiger partial charge in [-0.2, -0.15) is 0 Å². The van der Waals surface area contributed by atoms with E-state index in [2.05, 4.69) is 4.74 Å². The lowest BCUT2D eigenvalue weighted by molar-refractivity contribution is -0.274. The van der Waals surface area contributed by atoms with E-state index < -0.39 is 6.36 Å². The van der Waals surface area contributed by atoms with Gasteiger partial charge in [0.25, 0.3) is 0 Å². The van der Waals surface area contributed by atoms with Crippen LogP contribution in [0.25, 0.3) is 10.8 Å². The Labute approximate surface area is 101 Å². The molecule has 0 aliphatic rings. The molecule has 5 heteroatoms. The summed E-state index contributed by atoms with van der Waals surface area (Å²) in [7, 11) is 0. The highest BCUT2D eigenvalue weighted by Gasteiger charge is 2.31. The second kappa shape index (κ2) is 4.45. The Morgan fingerprint density at radius 3 is 2.24 bits per heavy atom. The first kappa shape index (κ1) is 12.0. The summed E-state index contributed by atoms with van der Waals surface area (Å²) in [6, 6.07) is 9.52. The lowest BCUT2D eigenvalue weighted by Gasteiger charge is -2.12. The smallest absolute Gasteiger partial charge is 0.405 e. The topological polar surface area (TPSA) is 9.23 Å². The zero-order valence-corrected chi connectivity index (χ0v) is 9.35. The van der Waals surface area contributed by atoms with Crippen molar-refractivity contribution in [2.45, 2.75) is 12.2 Å². The Morgan fingerprint density at radius 1 is 1.00 bits per heavy atom. The summed E-state index contributed by atoms with van der Waals surface area (Å²) in [6.07, 6.45) is -4.69. The van der Waals surface area contributed by atoms with E-state index >= 15 is 0 Å². The average molecular weight is 261 g/mol. The van der Waals surface area contributed by atoms with Crippen molar-refractivity contribution in [2.24, 2.45) is 0 Å². The van der Waals surface area contributed by atoms with Crippen molar-refractivity contribution >= 4 is 22.4 Å². The molecule has 0 saturated heterocycles. The molecule has 0 saturated carbocycles. The molecule has 0 aliphatic carbocycles. The van der Waals surface area contributed by atoms with Crippen molar-refractivity contribution in [3.63, 3.8) is 0 Å². The number of halogens is 4. The van der Waals surface area contributed by atoms with E-state index in [1.165, 1.54) is 12.1 Å². The number of alkyl halides is 4. The Balaban J connectivity index is 2.59. The first-order chi connectivity index (χ1) is 8.01. The summed E-state index contributed by atoms with van der Waals surface area (Å²) in [6.45, 7) is 0. The summed E-state index contributed by atoms with van der Waals surface area (Å²) in [5, 5.41) is 1.08. The van der Waals surface area contributed by atoms with Gasteiger partial charge in [-0.05, 0) is 17.0 Å². The van der Waals surface area contributed by atoms with Crippen LogP contribution in [0.2, 0.25) is 0 Å². The first-order valence-electron chi connectivity index (χ1n) is 4.83. The lowest BCUT2D eigenvalue weighted by Crippen LogP contribution is -2.17. The molecule has 0 bridgehead atoms. The molecule has 0 radical (unpaired) electrons. The van der Waals surface area contributed by atoms with Crippen LogP contribution in [0.5, 0.6) is 5.75 Å². The van der Waals surface area contributed by atoms with E-state index in [0.717, 1.165) is 5.56 Å². The predicted molar refractivity (Wildman–Crippen MR) is 60.2 cm³/mol. The van der Waals surface area contributed by atoms with Crippen LogP contribution in [0.3, 0.4) is 0 Å². The van der Waals surface area contributed by atoms with Gasteiger partial charge in [-0.1, -0.05) is 30.3 Å². The van der Waals surface area contributed by atoms with Crippen LogP contribution in [0, 0.1) is 0 Å². The van der Waals surface area contributed by atoms with Crippen molar-refractivity contribution < 1.29 is 17.9 Å². The van der Waals surface area contributed by atoms with Crippen LogP contribution in [-0.4, -0.2) is 6.36 Å². The molecule has 0 N–H and O–H groups in total. The van der Waals surface area contributed by atoms with Crippen molar-refractivity contribution in [3.8, 4) is 5.75 Å². The maximum atomic E-state index is 12.2. The number of rotatable bonds is 2. The summed E-state index contributed by atoms with van der Waals surface area (Å²) in [5.74, 6) is 0.0364. The second-order valence-corrected chi connectivity index (χ2v) is 3.72. The molecule has 0 spiro atoms. The zero-order chi connectivity index (χ0) is 12.5. The molecule has 0 fully saturated rings. The Bertz CT molecular complexity index is 537. The first-order valence-corrected chi connectivity index (χ1v) is 5.37. The molecule has 2 aromatic carbocycles. The van der Waals surface area contributed by atoms with Gasteiger partial charge in [0.1, 0.15) is 5.75 Å². The van der Waals surface area contributed by atoms with E-state index in [1.807, 2.05) is 0 Å². The summed E-state index contributed by atoms with van der Waals surface area (Å²) >= 11 is 5.73. The summed E-state index contributed by atoms with van der Waals surface area (Å²) in [5.41, 5.74) is 0.775. The predicted octanol–water partition coefficient (Wildman–Crippen LogP) is 4.48. The van der Waals surface area contributed by atoms with E-state index in [4.69, 9.17) is 11.6 Å². The van der Waals surface area contributed by atoms with E-state index in [0.29, 0.717) is 10.8 Å². The largest absolute Gasteiger partial charge is 0.573 e. The Kier molecular flexibility index (Phi) is 3.15. The van der Waals surface area contributed by atoms with Gasteiger partial charge in [-0.25, -0.2) is 0 Å². The molecule has 0 atom stereocenters.